The third-order valence-electron chi connectivity index (χ3n) is 3.24. The van der Waals surface area contributed by atoms with E-state index in [9.17, 15) is 0 Å². The number of aromatic nitrogens is 1. The number of thiol groups is 1. The van der Waals surface area contributed by atoms with Gasteiger partial charge in [-0.3, -0.25) is 4.98 Å². The number of hydrogen-bond acceptors (Lipinski definition) is 2. The number of halogens is 2. The van der Waals surface area contributed by atoms with Crippen LogP contribution in [0.3, 0.4) is 0 Å². The van der Waals surface area contributed by atoms with E-state index in [2.05, 4.69) is 61.8 Å². The standard InChI is InChI=1S/C17H20N4S.2ClH.Cu/c1-3-21(4-2)17(22)20-19-16(14-10-6-5-7-11-14)15-12-8-9-13-18-15;;;/h5-13H,3-4H2,1-2H3,(H,18,20,22);2*1H;/q;;;+2/p-2. The van der Waals surface area contributed by atoms with Gasteiger partial charge in [0.2, 0.25) is 0 Å². The van der Waals surface area contributed by atoms with Gasteiger partial charge in [0.15, 0.2) is 17.3 Å². The number of benzene rings is 1. The molecule has 1 heterocycles. The van der Waals surface area contributed by atoms with Gasteiger partial charge in [-0.25, -0.2) is 4.90 Å². The number of rotatable bonds is 5. The molecule has 2 aromatic rings. The Morgan fingerprint density at radius 1 is 1.12 bits per heavy atom. The second-order valence-corrected chi connectivity index (χ2v) is 6.60. The first-order valence-corrected chi connectivity index (χ1v) is 10.6. The van der Waals surface area contributed by atoms with Crippen LogP contribution in [0.1, 0.15) is 25.1 Å². The van der Waals surface area contributed by atoms with E-state index in [1.54, 1.807) is 6.20 Å². The predicted molar refractivity (Wildman–Crippen MR) is 108 cm³/mol. The van der Waals surface area contributed by atoms with Crippen molar-refractivity contribution in [2.75, 3.05) is 13.1 Å². The molecule has 0 saturated heterocycles. The van der Waals surface area contributed by atoms with Gasteiger partial charge in [-0.15, -0.1) is 0 Å². The van der Waals surface area contributed by atoms with Crippen molar-refractivity contribution in [3.05, 3.63) is 71.4 Å². The fraction of sp³-hybridized carbons (Fsp3) is 0.235. The molecule has 0 radical (unpaired) electrons. The molecule has 0 aliphatic carbocycles. The molecule has 0 aliphatic rings. The predicted octanol–water partition coefficient (Wildman–Crippen LogP) is 4.29. The van der Waals surface area contributed by atoms with Crippen molar-refractivity contribution in [2.24, 2.45) is 5.10 Å². The van der Waals surface area contributed by atoms with Crippen molar-refractivity contribution in [1.29, 1.82) is 0 Å². The Morgan fingerprint density at radius 2 is 1.72 bits per heavy atom. The number of pyridine rings is 1. The molecule has 2 rings (SSSR count). The molecular formula is C17H20Cl2CuN4S. The molecule has 1 aromatic carbocycles. The van der Waals surface area contributed by atoms with Gasteiger partial charge >= 0.3 is 33.3 Å². The van der Waals surface area contributed by atoms with Crippen LogP contribution in [-0.4, -0.2) is 33.8 Å². The zero-order chi connectivity index (χ0) is 18.5. The Morgan fingerprint density at radius 3 is 2.24 bits per heavy atom. The van der Waals surface area contributed by atoms with E-state index >= 15 is 0 Å². The summed E-state index contributed by atoms with van der Waals surface area (Å²) in [5, 5.41) is 5.01. The van der Waals surface area contributed by atoms with Gasteiger partial charge in [-0.1, -0.05) is 50.2 Å². The van der Waals surface area contributed by atoms with Gasteiger partial charge in [0.05, 0.1) is 11.4 Å². The maximum absolute atomic E-state index is 4.67. The normalized spacial score (nSPS) is 11.0. The van der Waals surface area contributed by atoms with Crippen molar-refractivity contribution in [2.45, 2.75) is 13.8 Å². The van der Waals surface area contributed by atoms with Crippen LogP contribution in [0.5, 0.6) is 0 Å². The molecule has 0 N–H and O–H groups in total. The number of hydrogen-bond donors (Lipinski definition) is 0. The zero-order valence-electron chi connectivity index (χ0n) is 13.9. The zero-order valence-corrected chi connectivity index (χ0v) is 17.3. The Balaban J connectivity index is 0.000000970. The molecule has 0 aliphatic heterocycles. The average molecular weight is 447 g/mol. The van der Waals surface area contributed by atoms with E-state index in [-0.39, 0.29) is 0 Å². The summed E-state index contributed by atoms with van der Waals surface area (Å²) in [4.78, 5) is 6.42. The van der Waals surface area contributed by atoms with Gasteiger partial charge in [0.1, 0.15) is 0 Å². The Kier molecular flexibility index (Phi) is 11.7. The van der Waals surface area contributed by atoms with Gasteiger partial charge in [0, 0.05) is 24.8 Å². The fourth-order valence-electron chi connectivity index (χ4n) is 2.02. The SMILES string of the molecule is CCN(CC)C(=[SH+])[N-]N=C(c1ccccc1)c1ccccn1.[Cl][Cu][Cl]. The summed E-state index contributed by atoms with van der Waals surface area (Å²) < 4.78 is 0. The Bertz CT molecular complexity index is 611. The second kappa shape index (κ2) is 13.2. The van der Waals surface area contributed by atoms with Crippen molar-refractivity contribution in [1.82, 2.24) is 9.88 Å². The van der Waals surface area contributed by atoms with Crippen LogP contribution >= 0.6 is 20.2 Å². The quantitative estimate of drug-likeness (QED) is 0.172. The van der Waals surface area contributed by atoms with E-state index in [4.69, 9.17) is 0 Å². The van der Waals surface area contributed by atoms with Crippen LogP contribution in [0.15, 0.2) is 59.8 Å². The van der Waals surface area contributed by atoms with E-state index < -0.39 is 0 Å². The topological polar surface area (TPSA) is 42.6 Å². The molecule has 0 amide bonds. The Labute approximate surface area is 169 Å². The minimum absolute atomic E-state index is 0.606. The average Bonchev–Trinajstić information content (AvgIpc) is 2.65. The van der Waals surface area contributed by atoms with Crippen LogP contribution in [0.2, 0.25) is 0 Å². The molecule has 8 heteroatoms. The van der Waals surface area contributed by atoms with Crippen molar-refractivity contribution >= 4 is 43.2 Å². The van der Waals surface area contributed by atoms with Gasteiger partial charge in [-0.2, -0.15) is 0 Å². The van der Waals surface area contributed by atoms with Gasteiger partial charge < -0.3 is 10.5 Å². The molecule has 0 spiro atoms. The van der Waals surface area contributed by atoms with Crippen LogP contribution in [0, 0.1) is 0 Å². The molecule has 139 valence electrons. The molecule has 4 nitrogen and oxygen atoms in total. The molecule has 0 atom stereocenters. The van der Waals surface area contributed by atoms with Crippen molar-refractivity contribution in [3.63, 3.8) is 0 Å². The molecule has 25 heavy (non-hydrogen) atoms. The summed E-state index contributed by atoms with van der Waals surface area (Å²) in [6.45, 7) is 5.82. The summed E-state index contributed by atoms with van der Waals surface area (Å²) >= 11 is 5.19. The molecule has 0 unspecified atom stereocenters. The summed E-state index contributed by atoms with van der Waals surface area (Å²) in [6.07, 6.45) is 1.75. The third kappa shape index (κ3) is 7.82. The summed E-state index contributed by atoms with van der Waals surface area (Å²) in [6, 6.07) is 15.7. The van der Waals surface area contributed by atoms with E-state index in [1.807, 2.05) is 53.4 Å². The summed E-state index contributed by atoms with van der Waals surface area (Å²) in [5.41, 5.74) is 6.78. The van der Waals surface area contributed by atoms with Crippen LogP contribution < -0.4 is 0 Å². The summed E-state index contributed by atoms with van der Waals surface area (Å²) in [7, 11) is 9.34. The molecule has 0 saturated carbocycles. The van der Waals surface area contributed by atoms with Crippen LogP contribution in [0.4, 0.5) is 0 Å². The molecule has 1 aromatic heterocycles. The molecule has 0 fully saturated rings. The van der Waals surface area contributed by atoms with Gasteiger partial charge in [0.25, 0.3) is 0 Å². The fourth-order valence-corrected chi connectivity index (χ4v) is 2.35. The second-order valence-electron chi connectivity index (χ2n) is 4.64. The van der Waals surface area contributed by atoms with Crippen molar-refractivity contribution < 1.29 is 13.1 Å². The minimum atomic E-state index is 0.606. The number of nitrogens with zero attached hydrogens (tertiary/aromatic N) is 4. The van der Waals surface area contributed by atoms with Crippen molar-refractivity contribution in [3.8, 4) is 0 Å². The molecular weight excluding hydrogens is 427 g/mol. The van der Waals surface area contributed by atoms with Crippen LogP contribution in [0.25, 0.3) is 5.43 Å². The van der Waals surface area contributed by atoms with Gasteiger partial charge in [-0.05, 0) is 12.1 Å². The Hall–Kier alpha value is -1.01. The van der Waals surface area contributed by atoms with Crippen LogP contribution in [-0.2, 0) is 25.4 Å². The van der Waals surface area contributed by atoms with E-state index in [0.717, 1.165) is 43.2 Å². The third-order valence-corrected chi connectivity index (χ3v) is 3.61. The first kappa shape index (κ1) is 22.0. The summed E-state index contributed by atoms with van der Waals surface area (Å²) in [5.74, 6) is 0. The van der Waals surface area contributed by atoms with E-state index in [1.165, 1.54) is 0 Å². The van der Waals surface area contributed by atoms with E-state index in [0.29, 0.717) is 5.11 Å². The first-order valence-electron chi connectivity index (χ1n) is 7.55. The maximum atomic E-state index is 4.67. The molecule has 0 bridgehead atoms. The monoisotopic (exact) mass is 445 g/mol. The first-order chi connectivity index (χ1) is 12.2.